The van der Waals surface area contributed by atoms with Crippen LogP contribution in [0.5, 0.6) is 5.75 Å². The first kappa shape index (κ1) is 17.2. The van der Waals surface area contributed by atoms with Crippen molar-refractivity contribution in [1.82, 2.24) is 25.1 Å². The molecule has 1 aliphatic rings. The highest BCUT2D eigenvalue weighted by Crippen LogP contribution is 2.29. The van der Waals surface area contributed by atoms with Gasteiger partial charge in [0.25, 0.3) is 0 Å². The molecule has 2 heterocycles. The number of aryl methyl sites for hydroxylation is 1. The third-order valence-electron chi connectivity index (χ3n) is 4.25. The Morgan fingerprint density at radius 2 is 2.19 bits per heavy atom. The van der Waals surface area contributed by atoms with Crippen LogP contribution in [0.2, 0.25) is 0 Å². The van der Waals surface area contributed by atoms with Crippen molar-refractivity contribution in [1.29, 1.82) is 0 Å². The molecule has 2 aromatic heterocycles. The summed E-state index contributed by atoms with van der Waals surface area (Å²) in [5, 5.41) is 27.7. The average Bonchev–Trinajstić information content (AvgIpc) is 3.35. The maximum atomic E-state index is 10.7. The van der Waals surface area contributed by atoms with Crippen LogP contribution in [0.3, 0.4) is 0 Å². The van der Waals surface area contributed by atoms with E-state index >= 15 is 0 Å². The molecule has 0 spiro atoms. The molecule has 0 bridgehead atoms. The number of aromatic nitrogens is 5. The van der Waals surface area contributed by atoms with Gasteiger partial charge in [0, 0.05) is 16.8 Å². The van der Waals surface area contributed by atoms with Crippen molar-refractivity contribution in [2.75, 3.05) is 6.61 Å². The number of aromatic amines is 2. The number of aliphatic carboxylic acids is 1. The van der Waals surface area contributed by atoms with E-state index in [2.05, 4.69) is 25.5 Å². The van der Waals surface area contributed by atoms with E-state index in [0.29, 0.717) is 21.9 Å². The number of benzene rings is 1. The van der Waals surface area contributed by atoms with Gasteiger partial charge in [0.15, 0.2) is 6.61 Å². The van der Waals surface area contributed by atoms with Crippen molar-refractivity contribution in [3.63, 3.8) is 0 Å². The van der Waals surface area contributed by atoms with Crippen LogP contribution in [0.15, 0.2) is 29.4 Å². The molecule has 0 amide bonds. The topological polar surface area (TPSA) is 121 Å². The summed E-state index contributed by atoms with van der Waals surface area (Å²) in [5.41, 5.74) is 3.63. The zero-order valence-corrected chi connectivity index (χ0v) is 15.0. The van der Waals surface area contributed by atoms with Gasteiger partial charge < -0.3 is 9.84 Å². The number of carbonyl (C=O) groups is 1. The Balaban J connectivity index is 1.67. The minimum absolute atomic E-state index is 0.333. The van der Waals surface area contributed by atoms with Crippen LogP contribution in [0.25, 0.3) is 11.5 Å². The lowest BCUT2D eigenvalue weighted by Crippen LogP contribution is -2.10. The Hall–Kier alpha value is -3.27. The molecular formula is C17H16N6O3S. The van der Waals surface area contributed by atoms with Crippen LogP contribution in [0, 0.1) is 4.77 Å². The molecule has 27 heavy (non-hydrogen) atoms. The molecule has 4 rings (SSSR count). The zero-order valence-electron chi connectivity index (χ0n) is 14.2. The summed E-state index contributed by atoms with van der Waals surface area (Å²) < 4.78 is 7.13. The van der Waals surface area contributed by atoms with Crippen molar-refractivity contribution < 1.29 is 14.6 Å². The number of para-hydroxylation sites is 1. The van der Waals surface area contributed by atoms with E-state index in [9.17, 15) is 4.79 Å². The van der Waals surface area contributed by atoms with Crippen molar-refractivity contribution in [2.24, 2.45) is 5.10 Å². The van der Waals surface area contributed by atoms with Crippen LogP contribution in [-0.2, 0) is 17.6 Å². The summed E-state index contributed by atoms with van der Waals surface area (Å²) in [7, 11) is 0. The second-order valence-corrected chi connectivity index (χ2v) is 6.40. The fourth-order valence-corrected chi connectivity index (χ4v) is 3.21. The van der Waals surface area contributed by atoms with Gasteiger partial charge in [0.2, 0.25) is 10.6 Å². The van der Waals surface area contributed by atoms with Crippen molar-refractivity contribution in [2.45, 2.75) is 19.3 Å². The highest BCUT2D eigenvalue weighted by atomic mass is 32.1. The highest BCUT2D eigenvalue weighted by Gasteiger charge is 2.23. The lowest BCUT2D eigenvalue weighted by molar-refractivity contribution is -0.139. The zero-order chi connectivity index (χ0) is 18.8. The van der Waals surface area contributed by atoms with Gasteiger partial charge in [-0.1, -0.05) is 12.1 Å². The number of ether oxygens (including phenoxy) is 1. The molecule has 3 aromatic rings. The average molecular weight is 384 g/mol. The van der Waals surface area contributed by atoms with Gasteiger partial charge in [-0.3, -0.25) is 5.10 Å². The maximum absolute atomic E-state index is 10.7. The summed E-state index contributed by atoms with van der Waals surface area (Å²) in [6.45, 7) is -0.430. The van der Waals surface area contributed by atoms with Crippen LogP contribution in [0.4, 0.5) is 0 Å². The smallest absolute Gasteiger partial charge is 0.341 e. The van der Waals surface area contributed by atoms with E-state index in [4.69, 9.17) is 22.1 Å². The van der Waals surface area contributed by atoms with Gasteiger partial charge in [-0.2, -0.15) is 20.0 Å². The molecule has 9 nitrogen and oxygen atoms in total. The fraction of sp³-hybridized carbons (Fsp3) is 0.235. The molecule has 0 radical (unpaired) electrons. The standard InChI is InChI=1S/C17H16N6O3S/c24-14(25)9-26-13-7-2-1-4-10(13)8-18-23-16(21-22-17(23)27)15-11-5-3-6-12(11)19-20-15/h1-2,4,7-8H,3,5-6,9H2,(H,19,20)(H,22,27)(H,24,25)/b18-8-. The quantitative estimate of drug-likeness (QED) is 0.442. The molecule has 0 saturated carbocycles. The van der Waals surface area contributed by atoms with Crippen LogP contribution >= 0.6 is 12.2 Å². The monoisotopic (exact) mass is 384 g/mol. The molecule has 10 heteroatoms. The number of H-pyrrole nitrogens is 2. The van der Waals surface area contributed by atoms with Gasteiger partial charge >= 0.3 is 5.97 Å². The molecule has 0 unspecified atom stereocenters. The first-order chi connectivity index (χ1) is 13.1. The number of rotatable bonds is 6. The highest BCUT2D eigenvalue weighted by molar-refractivity contribution is 7.71. The van der Waals surface area contributed by atoms with Crippen molar-refractivity contribution in [3.05, 3.63) is 45.9 Å². The summed E-state index contributed by atoms with van der Waals surface area (Å²) in [6, 6.07) is 7.03. The second kappa shape index (κ2) is 7.16. The third-order valence-corrected chi connectivity index (χ3v) is 4.52. The van der Waals surface area contributed by atoms with Gasteiger partial charge in [-0.25, -0.2) is 9.89 Å². The molecule has 0 aliphatic heterocycles. The summed E-state index contributed by atoms with van der Waals surface area (Å²) in [5.74, 6) is -0.103. The number of nitrogens with one attached hydrogen (secondary N) is 2. The van der Waals surface area contributed by atoms with Crippen LogP contribution < -0.4 is 4.74 Å². The number of hydrogen-bond acceptors (Lipinski definition) is 6. The van der Waals surface area contributed by atoms with Crippen LogP contribution in [-0.4, -0.2) is 49.0 Å². The third kappa shape index (κ3) is 3.38. The summed E-state index contributed by atoms with van der Waals surface area (Å²) >= 11 is 5.29. The number of carboxylic acids is 1. The largest absolute Gasteiger partial charge is 0.481 e. The number of fused-ring (bicyclic) bond motifs is 1. The van der Waals surface area contributed by atoms with E-state index in [-0.39, 0.29) is 0 Å². The van der Waals surface area contributed by atoms with E-state index in [1.807, 2.05) is 6.07 Å². The van der Waals surface area contributed by atoms with E-state index in [1.54, 1.807) is 24.4 Å². The van der Waals surface area contributed by atoms with Crippen LogP contribution in [0.1, 0.15) is 23.2 Å². The first-order valence-electron chi connectivity index (χ1n) is 8.35. The van der Waals surface area contributed by atoms with Gasteiger partial charge in [-0.05, 0) is 43.6 Å². The SMILES string of the molecule is O=C(O)COc1ccccc1/C=N\n1c(-c2n[nH]c3c2CCC3)n[nH]c1=S. The molecule has 138 valence electrons. The first-order valence-corrected chi connectivity index (χ1v) is 8.76. The van der Waals surface area contributed by atoms with E-state index in [0.717, 1.165) is 36.2 Å². The molecule has 1 aliphatic carbocycles. The predicted molar refractivity (Wildman–Crippen MR) is 99.6 cm³/mol. The van der Waals surface area contributed by atoms with E-state index in [1.165, 1.54) is 4.68 Å². The normalized spacial score (nSPS) is 13.2. The Morgan fingerprint density at radius 1 is 1.33 bits per heavy atom. The molecule has 3 N–H and O–H groups in total. The molecular weight excluding hydrogens is 368 g/mol. The molecule has 1 aromatic carbocycles. The fourth-order valence-electron chi connectivity index (χ4n) is 3.03. The number of carboxylic acid groups (broad SMARTS) is 1. The predicted octanol–water partition coefficient (Wildman–Crippen LogP) is 2.17. The maximum Gasteiger partial charge on any atom is 0.341 e. The minimum atomic E-state index is -1.05. The van der Waals surface area contributed by atoms with Gasteiger partial charge in [0.05, 0.1) is 6.21 Å². The molecule has 0 atom stereocenters. The number of hydrogen-bond donors (Lipinski definition) is 3. The molecule has 0 saturated heterocycles. The van der Waals surface area contributed by atoms with Gasteiger partial charge in [0.1, 0.15) is 11.4 Å². The Labute approximate surface area is 158 Å². The molecule has 0 fully saturated rings. The Morgan fingerprint density at radius 3 is 3.04 bits per heavy atom. The number of nitrogens with zero attached hydrogens (tertiary/aromatic N) is 4. The summed E-state index contributed by atoms with van der Waals surface area (Å²) in [4.78, 5) is 10.7. The van der Waals surface area contributed by atoms with E-state index < -0.39 is 12.6 Å². The van der Waals surface area contributed by atoms with Crippen molar-refractivity contribution >= 4 is 24.4 Å². The lowest BCUT2D eigenvalue weighted by atomic mass is 10.2. The lowest BCUT2D eigenvalue weighted by Gasteiger charge is -2.06. The Bertz CT molecular complexity index is 1080. The minimum Gasteiger partial charge on any atom is -0.481 e. The second-order valence-electron chi connectivity index (χ2n) is 6.01. The summed E-state index contributed by atoms with van der Waals surface area (Å²) in [6.07, 6.45) is 4.56. The van der Waals surface area contributed by atoms with Crippen molar-refractivity contribution in [3.8, 4) is 17.3 Å². The van der Waals surface area contributed by atoms with Gasteiger partial charge in [-0.15, -0.1) is 0 Å². The Kier molecular flexibility index (Phi) is 4.55.